The van der Waals surface area contributed by atoms with E-state index in [1.165, 1.54) is 24.8 Å². The maximum atomic E-state index is 11.6. The third-order valence-electron chi connectivity index (χ3n) is 2.47. The number of rotatable bonds is 4. The molecule has 0 aliphatic carbocycles. The molecule has 7 heteroatoms. The average Bonchev–Trinajstić information content (AvgIpc) is 2.89. The minimum atomic E-state index is -3.20. The molecule has 100 valence electrons. The minimum Gasteiger partial charge on any atom is -0.451 e. The van der Waals surface area contributed by atoms with Crippen molar-refractivity contribution >= 4 is 15.7 Å². The second-order valence-electron chi connectivity index (χ2n) is 3.97. The van der Waals surface area contributed by atoms with Crippen molar-refractivity contribution in [3.05, 3.63) is 48.2 Å². The number of amides is 1. The summed E-state index contributed by atoms with van der Waals surface area (Å²) in [5, 5.41) is 2.65. The fourth-order valence-electron chi connectivity index (χ4n) is 1.45. The number of nitrogens with zero attached hydrogens (tertiary/aromatic N) is 1. The van der Waals surface area contributed by atoms with Gasteiger partial charge in [-0.2, -0.15) is 0 Å². The first kappa shape index (κ1) is 13.3. The first-order valence-electron chi connectivity index (χ1n) is 5.42. The third-order valence-corrected chi connectivity index (χ3v) is 3.60. The summed E-state index contributed by atoms with van der Waals surface area (Å²) < 4.78 is 27.3. The Morgan fingerprint density at radius 3 is 2.53 bits per heavy atom. The Morgan fingerprint density at radius 1 is 1.32 bits per heavy atom. The lowest BCUT2D eigenvalue weighted by Crippen LogP contribution is -2.23. The fraction of sp³-hybridized carbons (Fsp3) is 0.167. The molecule has 0 saturated carbocycles. The molecule has 1 N–H and O–H groups in total. The molecular weight excluding hydrogens is 268 g/mol. The summed E-state index contributed by atoms with van der Waals surface area (Å²) in [6.07, 6.45) is 3.58. The van der Waals surface area contributed by atoms with Crippen LogP contribution >= 0.6 is 0 Å². The predicted molar refractivity (Wildman–Crippen MR) is 67.2 cm³/mol. The Morgan fingerprint density at radius 2 is 2.00 bits per heavy atom. The molecular formula is C12H12N2O4S. The van der Waals surface area contributed by atoms with Crippen LogP contribution in [0.4, 0.5) is 0 Å². The number of hydrogen-bond acceptors (Lipinski definition) is 5. The first-order valence-corrected chi connectivity index (χ1v) is 7.31. The van der Waals surface area contributed by atoms with Crippen LogP contribution in [0.25, 0.3) is 0 Å². The van der Waals surface area contributed by atoms with E-state index < -0.39 is 9.84 Å². The minimum absolute atomic E-state index is 0.202. The smallest absolute Gasteiger partial charge is 0.273 e. The van der Waals surface area contributed by atoms with Crippen LogP contribution < -0.4 is 5.32 Å². The van der Waals surface area contributed by atoms with E-state index in [2.05, 4.69) is 10.3 Å². The molecule has 0 radical (unpaired) electrons. The number of carbonyl (C=O) groups excluding carboxylic acids is 1. The van der Waals surface area contributed by atoms with E-state index in [1.54, 1.807) is 12.1 Å². The summed E-state index contributed by atoms with van der Waals surface area (Å²) >= 11 is 0. The Balaban J connectivity index is 1.99. The normalized spacial score (nSPS) is 11.2. The van der Waals surface area contributed by atoms with Gasteiger partial charge in [0.05, 0.1) is 4.90 Å². The van der Waals surface area contributed by atoms with Gasteiger partial charge >= 0.3 is 0 Å². The topological polar surface area (TPSA) is 89.3 Å². The number of benzene rings is 1. The zero-order valence-corrected chi connectivity index (χ0v) is 11.0. The lowest BCUT2D eigenvalue weighted by molar-refractivity contribution is 0.0946. The molecule has 0 aliphatic rings. The van der Waals surface area contributed by atoms with E-state index in [0.29, 0.717) is 0 Å². The Kier molecular flexibility index (Phi) is 3.66. The quantitative estimate of drug-likeness (QED) is 0.902. The van der Waals surface area contributed by atoms with Gasteiger partial charge in [-0.3, -0.25) is 4.79 Å². The SMILES string of the molecule is CS(=O)(=O)c1ccc(CNC(=O)c2cocn2)cc1. The zero-order chi connectivity index (χ0) is 13.9. The van der Waals surface area contributed by atoms with Crippen LogP contribution in [-0.2, 0) is 16.4 Å². The van der Waals surface area contributed by atoms with Crippen molar-refractivity contribution in [2.75, 3.05) is 6.26 Å². The molecule has 1 heterocycles. The van der Waals surface area contributed by atoms with Crippen molar-refractivity contribution in [3.63, 3.8) is 0 Å². The van der Waals surface area contributed by atoms with Gasteiger partial charge in [-0.1, -0.05) is 12.1 Å². The Bertz CT molecular complexity index is 660. The van der Waals surface area contributed by atoms with Gasteiger partial charge in [-0.05, 0) is 17.7 Å². The largest absolute Gasteiger partial charge is 0.451 e. The van der Waals surface area contributed by atoms with Crippen molar-refractivity contribution < 1.29 is 17.6 Å². The highest BCUT2D eigenvalue weighted by Gasteiger charge is 2.09. The maximum Gasteiger partial charge on any atom is 0.273 e. The molecule has 0 fully saturated rings. The molecule has 19 heavy (non-hydrogen) atoms. The molecule has 2 aromatic rings. The number of nitrogens with one attached hydrogen (secondary N) is 1. The molecule has 0 unspecified atom stereocenters. The lowest BCUT2D eigenvalue weighted by Gasteiger charge is -2.04. The standard InChI is InChI=1S/C12H12N2O4S/c1-19(16,17)10-4-2-9(3-5-10)6-13-12(15)11-7-18-8-14-11/h2-5,7-8H,6H2,1H3,(H,13,15). The van der Waals surface area contributed by atoms with E-state index in [9.17, 15) is 13.2 Å². The molecule has 0 bridgehead atoms. The number of hydrogen-bond donors (Lipinski definition) is 1. The van der Waals surface area contributed by atoms with Gasteiger partial charge in [0, 0.05) is 12.8 Å². The summed E-state index contributed by atoms with van der Waals surface area (Å²) in [5.74, 6) is -0.346. The Labute approximate surface area is 110 Å². The van der Waals surface area contributed by atoms with Gasteiger partial charge in [0.15, 0.2) is 21.9 Å². The first-order chi connectivity index (χ1) is 8.97. The van der Waals surface area contributed by atoms with E-state index in [0.717, 1.165) is 11.8 Å². The van der Waals surface area contributed by atoms with Gasteiger partial charge in [0.1, 0.15) is 6.26 Å². The van der Waals surface area contributed by atoms with Gasteiger partial charge in [0.25, 0.3) is 5.91 Å². The maximum absolute atomic E-state index is 11.6. The van der Waals surface area contributed by atoms with Crippen LogP contribution in [0.2, 0.25) is 0 Å². The van der Waals surface area contributed by atoms with Crippen LogP contribution in [0.1, 0.15) is 16.1 Å². The van der Waals surface area contributed by atoms with Crippen molar-refractivity contribution in [2.24, 2.45) is 0 Å². The molecule has 0 atom stereocenters. The molecule has 0 saturated heterocycles. The number of sulfone groups is 1. The highest BCUT2D eigenvalue weighted by Crippen LogP contribution is 2.10. The highest BCUT2D eigenvalue weighted by molar-refractivity contribution is 7.90. The molecule has 0 aliphatic heterocycles. The van der Waals surface area contributed by atoms with Crippen molar-refractivity contribution in [1.29, 1.82) is 0 Å². The Hall–Kier alpha value is -2.15. The van der Waals surface area contributed by atoms with E-state index in [-0.39, 0.29) is 23.0 Å². The predicted octanol–water partition coefficient (Wildman–Crippen LogP) is 1.01. The van der Waals surface area contributed by atoms with Crippen molar-refractivity contribution in [1.82, 2.24) is 10.3 Å². The van der Waals surface area contributed by atoms with Gasteiger partial charge in [-0.15, -0.1) is 0 Å². The molecule has 1 aromatic heterocycles. The van der Waals surface area contributed by atoms with Crippen LogP contribution in [0.15, 0.2) is 46.2 Å². The fourth-order valence-corrected chi connectivity index (χ4v) is 2.08. The zero-order valence-electron chi connectivity index (χ0n) is 10.2. The van der Waals surface area contributed by atoms with Crippen LogP contribution in [0, 0.1) is 0 Å². The summed E-state index contributed by atoms with van der Waals surface area (Å²) in [7, 11) is -3.20. The molecule has 2 rings (SSSR count). The van der Waals surface area contributed by atoms with E-state index >= 15 is 0 Å². The molecule has 0 spiro atoms. The van der Waals surface area contributed by atoms with E-state index in [4.69, 9.17) is 4.42 Å². The molecule has 1 amide bonds. The van der Waals surface area contributed by atoms with E-state index in [1.807, 2.05) is 0 Å². The summed E-state index contributed by atoms with van der Waals surface area (Å²) in [4.78, 5) is 15.5. The summed E-state index contributed by atoms with van der Waals surface area (Å²) in [6.45, 7) is 0.287. The lowest BCUT2D eigenvalue weighted by atomic mass is 10.2. The second-order valence-corrected chi connectivity index (χ2v) is 5.99. The summed E-state index contributed by atoms with van der Waals surface area (Å²) in [6, 6.07) is 6.32. The highest BCUT2D eigenvalue weighted by atomic mass is 32.2. The van der Waals surface area contributed by atoms with Crippen LogP contribution in [0.3, 0.4) is 0 Å². The second kappa shape index (κ2) is 5.23. The molecule has 6 nitrogen and oxygen atoms in total. The van der Waals surface area contributed by atoms with Gasteiger partial charge in [0.2, 0.25) is 0 Å². The third kappa shape index (κ3) is 3.41. The summed E-state index contributed by atoms with van der Waals surface area (Å²) in [5.41, 5.74) is 0.997. The van der Waals surface area contributed by atoms with Gasteiger partial charge in [-0.25, -0.2) is 13.4 Å². The monoisotopic (exact) mass is 280 g/mol. The van der Waals surface area contributed by atoms with Gasteiger partial charge < -0.3 is 9.73 Å². The molecule has 1 aromatic carbocycles. The number of aromatic nitrogens is 1. The number of carbonyl (C=O) groups is 1. The van der Waals surface area contributed by atoms with Crippen molar-refractivity contribution in [2.45, 2.75) is 11.4 Å². The van der Waals surface area contributed by atoms with Crippen LogP contribution in [0.5, 0.6) is 0 Å². The van der Waals surface area contributed by atoms with Crippen molar-refractivity contribution in [3.8, 4) is 0 Å². The number of oxazole rings is 1. The average molecular weight is 280 g/mol. The van der Waals surface area contributed by atoms with Crippen LogP contribution in [-0.4, -0.2) is 25.6 Å².